The number of carbonyl (C=O) groups excluding carboxylic acids is 1. The number of hydrogen-bond acceptors (Lipinski definition) is 4. The van der Waals surface area contributed by atoms with Gasteiger partial charge in [0.25, 0.3) is 5.91 Å². The molecule has 1 aliphatic rings. The highest BCUT2D eigenvalue weighted by Crippen LogP contribution is 2.31. The number of anilines is 1. The lowest BCUT2D eigenvalue weighted by molar-refractivity contribution is -0.124. The van der Waals surface area contributed by atoms with Crippen molar-refractivity contribution in [1.29, 1.82) is 0 Å². The first-order valence-electron chi connectivity index (χ1n) is 6.79. The third kappa shape index (κ3) is 3.33. The minimum Gasteiger partial charge on any atom is -0.368 e. The molecule has 0 spiro atoms. The van der Waals surface area contributed by atoms with Crippen LogP contribution in [0.4, 0.5) is 5.13 Å². The number of aryl methyl sites for hydroxylation is 1. The molecule has 1 fully saturated rings. The smallest absolute Gasteiger partial charge is 0.255 e. The second kappa shape index (κ2) is 6.25. The predicted octanol–water partition coefficient (Wildman–Crippen LogP) is 4.00. The van der Waals surface area contributed by atoms with E-state index < -0.39 is 0 Å². The second-order valence-electron chi connectivity index (χ2n) is 4.92. The van der Waals surface area contributed by atoms with E-state index in [0.717, 1.165) is 33.4 Å². The van der Waals surface area contributed by atoms with Crippen LogP contribution < -0.4 is 5.32 Å². The van der Waals surface area contributed by atoms with Crippen molar-refractivity contribution in [2.45, 2.75) is 25.9 Å². The predicted molar refractivity (Wildman–Crippen MR) is 87.6 cm³/mol. The molecule has 1 atom stereocenters. The quantitative estimate of drug-likeness (QED) is 0.892. The van der Waals surface area contributed by atoms with Gasteiger partial charge in [-0.2, -0.15) is 0 Å². The SMILES string of the molecule is Cc1sc(NC(=O)C2CCCO2)nc1-c1ccc(Br)cc1. The maximum absolute atomic E-state index is 12.0. The van der Waals surface area contributed by atoms with Crippen molar-refractivity contribution in [2.24, 2.45) is 0 Å². The fourth-order valence-corrected chi connectivity index (χ4v) is 3.40. The lowest BCUT2D eigenvalue weighted by atomic mass is 10.1. The van der Waals surface area contributed by atoms with Crippen LogP contribution in [0.15, 0.2) is 28.7 Å². The van der Waals surface area contributed by atoms with Gasteiger partial charge in [0.1, 0.15) is 6.10 Å². The van der Waals surface area contributed by atoms with Gasteiger partial charge >= 0.3 is 0 Å². The van der Waals surface area contributed by atoms with Gasteiger partial charge in [-0.05, 0) is 31.9 Å². The molecule has 6 heteroatoms. The summed E-state index contributed by atoms with van der Waals surface area (Å²) in [5.41, 5.74) is 1.96. The van der Waals surface area contributed by atoms with E-state index in [-0.39, 0.29) is 12.0 Å². The van der Waals surface area contributed by atoms with Gasteiger partial charge in [0.05, 0.1) is 5.69 Å². The molecule has 0 aliphatic carbocycles. The van der Waals surface area contributed by atoms with Gasteiger partial charge in [0.2, 0.25) is 0 Å². The zero-order valence-electron chi connectivity index (χ0n) is 11.6. The molecule has 1 aliphatic heterocycles. The minimum atomic E-state index is -0.328. The normalized spacial score (nSPS) is 17.9. The third-order valence-electron chi connectivity index (χ3n) is 3.37. The van der Waals surface area contributed by atoms with E-state index in [2.05, 4.69) is 26.2 Å². The molecule has 1 saturated heterocycles. The molecular weight excluding hydrogens is 352 g/mol. The molecule has 4 nitrogen and oxygen atoms in total. The third-order valence-corrected chi connectivity index (χ3v) is 4.78. The van der Waals surface area contributed by atoms with Crippen molar-refractivity contribution in [3.8, 4) is 11.3 Å². The van der Waals surface area contributed by atoms with Crippen molar-refractivity contribution in [2.75, 3.05) is 11.9 Å². The van der Waals surface area contributed by atoms with Gasteiger partial charge in [-0.25, -0.2) is 4.98 Å². The Balaban J connectivity index is 1.77. The fraction of sp³-hybridized carbons (Fsp3) is 0.333. The van der Waals surface area contributed by atoms with Crippen molar-refractivity contribution < 1.29 is 9.53 Å². The number of hydrogen-bond donors (Lipinski definition) is 1. The maximum atomic E-state index is 12.0. The van der Waals surface area contributed by atoms with Crippen LogP contribution in [-0.2, 0) is 9.53 Å². The average molecular weight is 367 g/mol. The van der Waals surface area contributed by atoms with E-state index in [0.29, 0.717) is 11.7 Å². The van der Waals surface area contributed by atoms with Crippen LogP contribution in [0.25, 0.3) is 11.3 Å². The molecule has 1 unspecified atom stereocenters. The van der Waals surface area contributed by atoms with E-state index >= 15 is 0 Å². The van der Waals surface area contributed by atoms with Crippen LogP contribution in [0.2, 0.25) is 0 Å². The van der Waals surface area contributed by atoms with Gasteiger partial charge < -0.3 is 4.74 Å². The molecule has 21 heavy (non-hydrogen) atoms. The van der Waals surface area contributed by atoms with Crippen molar-refractivity contribution in [3.63, 3.8) is 0 Å². The Labute approximate surface area is 135 Å². The lowest BCUT2D eigenvalue weighted by Crippen LogP contribution is -2.26. The van der Waals surface area contributed by atoms with Crippen molar-refractivity contribution in [1.82, 2.24) is 4.98 Å². The molecule has 3 rings (SSSR count). The summed E-state index contributed by atoms with van der Waals surface area (Å²) < 4.78 is 6.41. The monoisotopic (exact) mass is 366 g/mol. The number of thiazole rings is 1. The summed E-state index contributed by atoms with van der Waals surface area (Å²) in [6.07, 6.45) is 1.40. The number of amides is 1. The first kappa shape index (κ1) is 14.7. The van der Waals surface area contributed by atoms with Gasteiger partial charge in [-0.15, -0.1) is 11.3 Å². The fourth-order valence-electron chi connectivity index (χ4n) is 2.30. The number of nitrogens with zero attached hydrogens (tertiary/aromatic N) is 1. The summed E-state index contributed by atoms with van der Waals surface area (Å²) in [5.74, 6) is -0.0939. The van der Waals surface area contributed by atoms with E-state index in [9.17, 15) is 4.79 Å². The van der Waals surface area contributed by atoms with Gasteiger partial charge in [-0.1, -0.05) is 28.1 Å². The number of ether oxygens (including phenoxy) is 1. The van der Waals surface area contributed by atoms with Crippen LogP contribution in [0.5, 0.6) is 0 Å². The molecule has 1 aromatic heterocycles. The Bertz CT molecular complexity index is 648. The van der Waals surface area contributed by atoms with E-state index in [1.165, 1.54) is 11.3 Å². The van der Waals surface area contributed by atoms with Crippen LogP contribution in [0.3, 0.4) is 0 Å². The van der Waals surface area contributed by atoms with Gasteiger partial charge in [0.15, 0.2) is 5.13 Å². The zero-order chi connectivity index (χ0) is 14.8. The zero-order valence-corrected chi connectivity index (χ0v) is 14.0. The van der Waals surface area contributed by atoms with Crippen molar-refractivity contribution in [3.05, 3.63) is 33.6 Å². The second-order valence-corrected chi connectivity index (χ2v) is 7.04. The molecule has 0 saturated carbocycles. The molecule has 1 amide bonds. The van der Waals surface area contributed by atoms with E-state index in [1.807, 2.05) is 31.2 Å². The van der Waals surface area contributed by atoms with Crippen molar-refractivity contribution >= 4 is 38.3 Å². The van der Waals surface area contributed by atoms with Crippen LogP contribution >= 0.6 is 27.3 Å². The van der Waals surface area contributed by atoms with E-state index in [1.54, 1.807) is 0 Å². The number of carbonyl (C=O) groups is 1. The summed E-state index contributed by atoms with van der Waals surface area (Å²) in [5, 5.41) is 3.49. The highest BCUT2D eigenvalue weighted by molar-refractivity contribution is 9.10. The minimum absolute atomic E-state index is 0.0939. The van der Waals surface area contributed by atoms with Gasteiger partial charge in [0, 0.05) is 21.5 Å². The number of benzene rings is 1. The summed E-state index contributed by atoms with van der Waals surface area (Å²) in [6.45, 7) is 2.68. The standard InChI is InChI=1S/C15H15BrN2O2S/c1-9-13(10-4-6-11(16)7-5-10)17-15(21-9)18-14(19)12-3-2-8-20-12/h4-7,12H,2-3,8H2,1H3,(H,17,18,19). The summed E-state index contributed by atoms with van der Waals surface area (Å²) in [7, 11) is 0. The number of halogens is 1. The van der Waals surface area contributed by atoms with Gasteiger partial charge in [-0.3, -0.25) is 10.1 Å². The summed E-state index contributed by atoms with van der Waals surface area (Å²) in [6, 6.07) is 7.99. The van der Waals surface area contributed by atoms with Crippen LogP contribution in [0, 0.1) is 6.92 Å². The molecule has 0 radical (unpaired) electrons. The Morgan fingerprint density at radius 2 is 2.19 bits per heavy atom. The Kier molecular flexibility index (Phi) is 4.37. The molecule has 2 aromatic rings. The molecule has 1 aromatic carbocycles. The molecule has 1 N–H and O–H groups in total. The topological polar surface area (TPSA) is 51.2 Å². The maximum Gasteiger partial charge on any atom is 0.255 e. The number of aromatic nitrogens is 1. The Morgan fingerprint density at radius 1 is 1.43 bits per heavy atom. The van der Waals surface area contributed by atoms with Crippen LogP contribution in [-0.4, -0.2) is 23.6 Å². The molecular formula is C15H15BrN2O2S. The Hall–Kier alpha value is -1.24. The molecule has 110 valence electrons. The largest absolute Gasteiger partial charge is 0.368 e. The molecule has 2 heterocycles. The first-order chi connectivity index (χ1) is 10.1. The average Bonchev–Trinajstić information content (AvgIpc) is 3.10. The van der Waals surface area contributed by atoms with E-state index in [4.69, 9.17) is 4.74 Å². The Morgan fingerprint density at radius 3 is 2.86 bits per heavy atom. The number of nitrogens with one attached hydrogen (secondary N) is 1. The highest BCUT2D eigenvalue weighted by Gasteiger charge is 2.24. The first-order valence-corrected chi connectivity index (χ1v) is 8.40. The lowest BCUT2D eigenvalue weighted by Gasteiger charge is -2.07. The highest BCUT2D eigenvalue weighted by atomic mass is 79.9. The summed E-state index contributed by atoms with van der Waals surface area (Å²) in [4.78, 5) is 17.7. The number of rotatable bonds is 3. The molecule has 0 bridgehead atoms. The van der Waals surface area contributed by atoms with Crippen LogP contribution in [0.1, 0.15) is 17.7 Å². The summed E-state index contributed by atoms with van der Waals surface area (Å²) >= 11 is 4.91.